The summed E-state index contributed by atoms with van der Waals surface area (Å²) in [6.07, 6.45) is 36.7. The van der Waals surface area contributed by atoms with Gasteiger partial charge in [0.15, 0.2) is 0 Å². The van der Waals surface area contributed by atoms with Crippen molar-refractivity contribution in [2.24, 2.45) is 41.4 Å². The fourth-order valence-electron chi connectivity index (χ4n) is 8.31. The molecule has 0 radical (unpaired) electrons. The number of carbonyl (C=O) groups excluding carboxylic acids is 2. The minimum Gasteiger partial charge on any atom is -0.465 e. The Morgan fingerprint density at radius 3 is 1.45 bits per heavy atom. The number of piperidine rings is 1. The first-order chi connectivity index (χ1) is 27.0. The quantitative estimate of drug-likeness (QED) is 0.0356. The molecule has 0 bridgehead atoms. The maximum atomic E-state index is 12.3. The summed E-state index contributed by atoms with van der Waals surface area (Å²) < 4.78 is 10.9. The minimum absolute atomic E-state index is 0.0109. The zero-order chi connectivity index (χ0) is 41.7. The van der Waals surface area contributed by atoms with Gasteiger partial charge < -0.3 is 19.2 Å². The Bertz CT molecular complexity index is 836. The molecule has 0 aromatic rings. The zero-order valence-electron chi connectivity index (χ0n) is 39.5. The van der Waals surface area contributed by atoms with Gasteiger partial charge in [-0.15, -0.1) is 0 Å². The molecule has 0 spiro atoms. The third-order valence-corrected chi connectivity index (χ3v) is 12.7. The van der Waals surface area contributed by atoms with E-state index in [-0.39, 0.29) is 5.97 Å². The van der Waals surface area contributed by atoms with Crippen LogP contribution in [0, 0.1) is 41.4 Å². The highest BCUT2D eigenvalue weighted by atomic mass is 16.5. The van der Waals surface area contributed by atoms with Crippen molar-refractivity contribution in [1.82, 2.24) is 4.90 Å². The molecule has 1 aliphatic heterocycles. The van der Waals surface area contributed by atoms with Gasteiger partial charge in [0.05, 0.1) is 6.61 Å². The van der Waals surface area contributed by atoms with Crippen LogP contribution in [-0.4, -0.2) is 57.1 Å². The number of rotatable bonds is 37. The van der Waals surface area contributed by atoms with Gasteiger partial charge in [-0.1, -0.05) is 177 Å². The lowest BCUT2D eigenvalue weighted by Gasteiger charge is -2.26. The molecule has 0 aromatic carbocycles. The van der Waals surface area contributed by atoms with Crippen molar-refractivity contribution in [3.05, 3.63) is 0 Å². The SMILES string of the molecule is CC(C)CCC(COC(=O)CCCCCCCCCC(CCCCCCCCCC=O)CCCCN1CCCCC1)C(C)C.COCC(CCC(C)C)C(C)C. The highest BCUT2D eigenvalue weighted by Crippen LogP contribution is 2.25. The zero-order valence-corrected chi connectivity index (χ0v) is 39.5. The molecule has 5 heteroatoms. The molecule has 5 nitrogen and oxygen atoms in total. The summed E-state index contributed by atoms with van der Waals surface area (Å²) in [6.45, 7) is 23.7. The molecule has 1 rings (SSSR count). The van der Waals surface area contributed by atoms with Crippen molar-refractivity contribution >= 4 is 12.3 Å². The Kier molecular flexibility index (Phi) is 38.9. The summed E-state index contributed by atoms with van der Waals surface area (Å²) in [4.78, 5) is 25.4. The van der Waals surface area contributed by atoms with Gasteiger partial charge >= 0.3 is 5.97 Å². The van der Waals surface area contributed by atoms with Gasteiger partial charge in [-0.2, -0.15) is 0 Å². The first kappa shape index (κ1) is 55.1. The van der Waals surface area contributed by atoms with Gasteiger partial charge in [0.1, 0.15) is 6.29 Å². The van der Waals surface area contributed by atoms with E-state index in [1.807, 2.05) is 0 Å². The summed E-state index contributed by atoms with van der Waals surface area (Å²) >= 11 is 0. The molecule has 1 heterocycles. The van der Waals surface area contributed by atoms with E-state index in [2.05, 4.69) is 60.3 Å². The molecule has 0 aliphatic carbocycles. The molecule has 1 saturated heterocycles. The van der Waals surface area contributed by atoms with Crippen molar-refractivity contribution in [3.63, 3.8) is 0 Å². The van der Waals surface area contributed by atoms with Crippen molar-refractivity contribution in [2.75, 3.05) is 40.0 Å². The summed E-state index contributed by atoms with van der Waals surface area (Å²) in [5, 5.41) is 0. The molecular weight excluding hydrogens is 691 g/mol. The summed E-state index contributed by atoms with van der Waals surface area (Å²) in [7, 11) is 1.80. The van der Waals surface area contributed by atoms with Gasteiger partial charge in [-0.25, -0.2) is 0 Å². The molecule has 0 saturated carbocycles. The van der Waals surface area contributed by atoms with Crippen LogP contribution in [0.1, 0.15) is 235 Å². The lowest BCUT2D eigenvalue weighted by Crippen LogP contribution is -2.30. The number of aldehydes is 1. The first-order valence-corrected chi connectivity index (χ1v) is 24.8. The highest BCUT2D eigenvalue weighted by molar-refractivity contribution is 5.69. The maximum Gasteiger partial charge on any atom is 0.305 e. The number of hydrogen-bond acceptors (Lipinski definition) is 5. The van der Waals surface area contributed by atoms with Crippen molar-refractivity contribution in [1.29, 1.82) is 0 Å². The standard InChI is InChI=1S/C40H77NO3.C11H24O/c1-36(2)29-30-39(37(3)4)35-44-40(43)28-19-14-10-7-9-13-18-26-38(25-17-12-8-5-6-11-15-24-34-42)27-20-23-33-41-31-21-16-22-32-41;1-9(2)6-7-11(8-12-5)10(3)4/h34,36-39H,5-33,35H2,1-4H3;9-11H,6-8H2,1-5H3. The Labute approximate surface area is 351 Å². The fraction of sp³-hybridized carbons (Fsp3) is 0.961. The van der Waals surface area contributed by atoms with Crippen LogP contribution in [0.25, 0.3) is 0 Å². The summed E-state index contributed by atoms with van der Waals surface area (Å²) in [5.41, 5.74) is 0. The Balaban J connectivity index is 0.00000215. The summed E-state index contributed by atoms with van der Waals surface area (Å²) in [5.74, 6) is 5.04. The second kappa shape index (κ2) is 39.5. The third-order valence-electron chi connectivity index (χ3n) is 12.7. The number of nitrogens with zero attached hydrogens (tertiary/aromatic N) is 1. The van der Waals surface area contributed by atoms with Crippen molar-refractivity contribution in [3.8, 4) is 0 Å². The van der Waals surface area contributed by atoms with Gasteiger partial charge in [0, 0.05) is 26.6 Å². The molecule has 56 heavy (non-hydrogen) atoms. The minimum atomic E-state index is 0.0109. The maximum absolute atomic E-state index is 12.3. The van der Waals surface area contributed by atoms with Gasteiger partial charge in [-0.05, 0) is 106 Å². The average Bonchev–Trinajstić information content (AvgIpc) is 3.16. The fourth-order valence-corrected chi connectivity index (χ4v) is 8.31. The monoisotopic (exact) mass is 792 g/mol. The van der Waals surface area contributed by atoms with Crippen LogP contribution < -0.4 is 0 Å². The van der Waals surface area contributed by atoms with Crippen LogP contribution in [-0.2, 0) is 19.1 Å². The number of likely N-dealkylation sites (tertiary alicyclic amines) is 1. The molecular formula is C51H101NO4. The van der Waals surface area contributed by atoms with Crippen molar-refractivity contribution in [2.45, 2.75) is 235 Å². The van der Waals surface area contributed by atoms with Crippen LogP contribution in [0.2, 0.25) is 0 Å². The van der Waals surface area contributed by atoms with Crippen LogP contribution in [0.4, 0.5) is 0 Å². The molecule has 0 aromatic heterocycles. The number of methoxy groups -OCH3 is 1. The molecule has 0 amide bonds. The lowest BCUT2D eigenvalue weighted by atomic mass is 9.89. The molecule has 1 fully saturated rings. The van der Waals surface area contributed by atoms with E-state index >= 15 is 0 Å². The Hall–Kier alpha value is -0.940. The van der Waals surface area contributed by atoms with Crippen LogP contribution in [0.5, 0.6) is 0 Å². The van der Waals surface area contributed by atoms with Gasteiger partial charge in [-0.3, -0.25) is 4.79 Å². The third kappa shape index (κ3) is 36.2. The highest BCUT2D eigenvalue weighted by Gasteiger charge is 2.17. The van der Waals surface area contributed by atoms with Crippen LogP contribution in [0.3, 0.4) is 0 Å². The predicted molar refractivity (Wildman–Crippen MR) is 244 cm³/mol. The normalized spacial score (nSPS) is 15.3. The van der Waals surface area contributed by atoms with Crippen LogP contribution in [0.15, 0.2) is 0 Å². The smallest absolute Gasteiger partial charge is 0.305 e. The van der Waals surface area contributed by atoms with E-state index in [0.717, 1.165) is 68.7 Å². The topological polar surface area (TPSA) is 55.8 Å². The van der Waals surface area contributed by atoms with Crippen molar-refractivity contribution < 1.29 is 19.1 Å². The number of esters is 1. The van der Waals surface area contributed by atoms with E-state index in [1.54, 1.807) is 7.11 Å². The molecule has 3 atom stereocenters. The average molecular weight is 792 g/mol. The lowest BCUT2D eigenvalue weighted by molar-refractivity contribution is -0.145. The second-order valence-corrected chi connectivity index (χ2v) is 19.6. The van der Waals surface area contributed by atoms with E-state index in [4.69, 9.17) is 9.47 Å². The molecule has 3 unspecified atom stereocenters. The largest absolute Gasteiger partial charge is 0.465 e. The predicted octanol–water partition coefficient (Wildman–Crippen LogP) is 15.1. The van der Waals surface area contributed by atoms with Gasteiger partial charge in [0.2, 0.25) is 0 Å². The first-order valence-electron chi connectivity index (χ1n) is 24.8. The van der Waals surface area contributed by atoms with E-state index in [1.165, 1.54) is 161 Å². The number of hydrogen-bond donors (Lipinski definition) is 0. The Morgan fingerprint density at radius 2 is 0.982 bits per heavy atom. The van der Waals surface area contributed by atoms with Crippen LogP contribution >= 0.6 is 0 Å². The molecule has 334 valence electrons. The van der Waals surface area contributed by atoms with E-state index in [9.17, 15) is 9.59 Å². The molecule has 1 aliphatic rings. The molecule has 0 N–H and O–H groups in total. The Morgan fingerprint density at radius 1 is 0.536 bits per heavy atom. The summed E-state index contributed by atoms with van der Waals surface area (Å²) in [6, 6.07) is 0. The van der Waals surface area contributed by atoms with Gasteiger partial charge in [0.25, 0.3) is 0 Å². The second-order valence-electron chi connectivity index (χ2n) is 19.6. The van der Waals surface area contributed by atoms with E-state index in [0.29, 0.717) is 30.8 Å². The van der Waals surface area contributed by atoms with E-state index < -0.39 is 0 Å². The number of carbonyl (C=O) groups is 2. The number of ether oxygens (including phenoxy) is 2. The number of unbranched alkanes of at least 4 members (excludes halogenated alkanes) is 14.